The van der Waals surface area contributed by atoms with E-state index in [9.17, 15) is 14.0 Å². The van der Waals surface area contributed by atoms with Gasteiger partial charge in [0.25, 0.3) is 0 Å². The minimum atomic E-state index is -0.308. The molecule has 0 aliphatic heterocycles. The molecule has 5 heteroatoms. The first-order chi connectivity index (χ1) is 12.3. The number of nitrogens with one attached hydrogen (secondary N) is 1. The summed E-state index contributed by atoms with van der Waals surface area (Å²) in [6.45, 7) is 5.82. The van der Waals surface area contributed by atoms with Crippen molar-refractivity contribution in [3.8, 4) is 0 Å². The van der Waals surface area contributed by atoms with Crippen LogP contribution in [0.4, 0.5) is 4.39 Å². The highest BCUT2D eigenvalue weighted by Gasteiger charge is 2.12. The van der Waals surface area contributed by atoms with Gasteiger partial charge in [0.1, 0.15) is 12.4 Å². The number of halogens is 1. The Labute approximate surface area is 151 Å². The first kappa shape index (κ1) is 17.9. The maximum atomic E-state index is 13.0. The highest BCUT2D eigenvalue weighted by molar-refractivity contribution is 5.85. The molecule has 26 heavy (non-hydrogen) atoms. The van der Waals surface area contributed by atoms with Crippen LogP contribution < -0.4 is 10.7 Å². The number of carbonyl (C=O) groups is 1. The molecule has 134 valence electrons. The minimum absolute atomic E-state index is 0.0474. The predicted octanol–water partition coefficient (Wildman–Crippen LogP) is 3.63. The molecule has 4 nitrogen and oxygen atoms in total. The standard InChI is InChI=1S/C21H21FN2O2/c1-13-10-14(2)21-18(11-13)24(9-8-19(21)25)12-20(26)23-15(3)16-4-6-17(22)7-5-16/h4-11,15H,12H2,1-3H3,(H,23,26). The maximum Gasteiger partial charge on any atom is 0.240 e. The largest absolute Gasteiger partial charge is 0.348 e. The third-order valence-corrected chi connectivity index (χ3v) is 4.48. The van der Waals surface area contributed by atoms with Gasteiger partial charge in [-0.1, -0.05) is 18.2 Å². The summed E-state index contributed by atoms with van der Waals surface area (Å²) in [5.41, 5.74) is 3.47. The van der Waals surface area contributed by atoms with Gasteiger partial charge in [0, 0.05) is 17.6 Å². The van der Waals surface area contributed by atoms with Crippen LogP contribution in [0.5, 0.6) is 0 Å². The third-order valence-electron chi connectivity index (χ3n) is 4.48. The number of rotatable bonds is 4. The lowest BCUT2D eigenvalue weighted by atomic mass is 10.1. The first-order valence-corrected chi connectivity index (χ1v) is 8.50. The van der Waals surface area contributed by atoms with Gasteiger partial charge in [0.15, 0.2) is 5.43 Å². The normalized spacial score (nSPS) is 12.2. The summed E-state index contributed by atoms with van der Waals surface area (Å²) in [6, 6.07) is 11.2. The number of nitrogens with zero attached hydrogens (tertiary/aromatic N) is 1. The van der Waals surface area contributed by atoms with Crippen molar-refractivity contribution in [2.24, 2.45) is 0 Å². The smallest absolute Gasteiger partial charge is 0.240 e. The van der Waals surface area contributed by atoms with Gasteiger partial charge in [0.05, 0.1) is 11.6 Å². The monoisotopic (exact) mass is 352 g/mol. The molecule has 0 aliphatic rings. The molecule has 1 atom stereocenters. The van der Waals surface area contributed by atoms with Gasteiger partial charge in [-0.3, -0.25) is 9.59 Å². The summed E-state index contributed by atoms with van der Waals surface area (Å²) in [6.07, 6.45) is 1.64. The number of hydrogen-bond acceptors (Lipinski definition) is 2. The van der Waals surface area contributed by atoms with Crippen molar-refractivity contribution in [2.45, 2.75) is 33.4 Å². The number of aromatic nitrogens is 1. The molecule has 2 aromatic carbocycles. The lowest BCUT2D eigenvalue weighted by Gasteiger charge is -2.17. The van der Waals surface area contributed by atoms with E-state index in [1.807, 2.05) is 32.9 Å². The fourth-order valence-corrected chi connectivity index (χ4v) is 3.23. The number of hydrogen-bond donors (Lipinski definition) is 1. The van der Waals surface area contributed by atoms with Gasteiger partial charge in [-0.2, -0.15) is 0 Å². The van der Waals surface area contributed by atoms with Gasteiger partial charge >= 0.3 is 0 Å². The average molecular weight is 352 g/mol. The SMILES string of the molecule is Cc1cc(C)c2c(=O)ccn(CC(=O)NC(C)c3ccc(F)cc3)c2c1. The van der Waals surface area contributed by atoms with Gasteiger partial charge in [-0.15, -0.1) is 0 Å². The highest BCUT2D eigenvalue weighted by atomic mass is 19.1. The summed E-state index contributed by atoms with van der Waals surface area (Å²) in [7, 11) is 0. The Morgan fingerprint density at radius 1 is 1.15 bits per heavy atom. The molecule has 0 saturated carbocycles. The maximum absolute atomic E-state index is 13.0. The topological polar surface area (TPSA) is 51.1 Å². The molecule has 1 amide bonds. The number of carbonyl (C=O) groups excluding carboxylic acids is 1. The highest BCUT2D eigenvalue weighted by Crippen LogP contribution is 2.18. The summed E-state index contributed by atoms with van der Waals surface area (Å²) < 4.78 is 14.8. The Kier molecular flexibility index (Phi) is 4.89. The van der Waals surface area contributed by atoms with Crippen molar-refractivity contribution >= 4 is 16.8 Å². The van der Waals surface area contributed by atoms with Crippen molar-refractivity contribution < 1.29 is 9.18 Å². The van der Waals surface area contributed by atoms with Crippen molar-refractivity contribution in [3.63, 3.8) is 0 Å². The molecule has 1 N–H and O–H groups in total. The van der Waals surface area contributed by atoms with Crippen LogP contribution >= 0.6 is 0 Å². The molecule has 1 aromatic heterocycles. The Balaban J connectivity index is 1.84. The van der Waals surface area contributed by atoms with E-state index in [4.69, 9.17) is 0 Å². The van der Waals surface area contributed by atoms with Crippen LogP contribution in [-0.2, 0) is 11.3 Å². The van der Waals surface area contributed by atoms with Gasteiger partial charge in [0.2, 0.25) is 5.91 Å². The second-order valence-electron chi connectivity index (χ2n) is 6.62. The Bertz CT molecular complexity index is 1020. The van der Waals surface area contributed by atoms with Crippen LogP contribution in [0, 0.1) is 19.7 Å². The van der Waals surface area contributed by atoms with Crippen LogP contribution in [-0.4, -0.2) is 10.5 Å². The molecule has 0 fully saturated rings. The molecule has 0 spiro atoms. The molecule has 1 unspecified atom stereocenters. The second kappa shape index (κ2) is 7.12. The van der Waals surface area contributed by atoms with Crippen LogP contribution in [0.2, 0.25) is 0 Å². The van der Waals surface area contributed by atoms with E-state index in [0.29, 0.717) is 5.39 Å². The molecule has 0 bridgehead atoms. The van der Waals surface area contributed by atoms with E-state index in [2.05, 4.69) is 5.32 Å². The second-order valence-corrected chi connectivity index (χ2v) is 6.62. The zero-order valence-corrected chi connectivity index (χ0v) is 15.0. The van der Waals surface area contributed by atoms with Crippen LogP contribution in [0.3, 0.4) is 0 Å². The molecule has 3 aromatic rings. The van der Waals surface area contributed by atoms with E-state index in [-0.39, 0.29) is 29.7 Å². The minimum Gasteiger partial charge on any atom is -0.348 e. The molecule has 0 aliphatic carbocycles. The average Bonchev–Trinajstić information content (AvgIpc) is 2.57. The fraction of sp³-hybridized carbons (Fsp3) is 0.238. The van der Waals surface area contributed by atoms with Gasteiger partial charge in [-0.05, 0) is 55.7 Å². The van der Waals surface area contributed by atoms with Crippen molar-refractivity contribution in [2.75, 3.05) is 0 Å². The quantitative estimate of drug-likeness (QED) is 0.779. The number of pyridine rings is 1. The lowest BCUT2D eigenvalue weighted by molar-refractivity contribution is -0.122. The predicted molar refractivity (Wildman–Crippen MR) is 101 cm³/mol. The van der Waals surface area contributed by atoms with Gasteiger partial charge < -0.3 is 9.88 Å². The van der Waals surface area contributed by atoms with E-state index in [0.717, 1.165) is 22.2 Å². The molecule has 0 radical (unpaired) electrons. The van der Waals surface area contributed by atoms with Crippen molar-refractivity contribution in [1.29, 1.82) is 0 Å². The molecule has 3 rings (SSSR count). The first-order valence-electron chi connectivity index (χ1n) is 8.50. The zero-order valence-electron chi connectivity index (χ0n) is 15.0. The Hall–Kier alpha value is -2.95. The van der Waals surface area contributed by atoms with E-state index in [1.165, 1.54) is 18.2 Å². The summed E-state index contributed by atoms with van der Waals surface area (Å²) in [5.74, 6) is -0.483. The number of fused-ring (bicyclic) bond motifs is 1. The van der Waals surface area contributed by atoms with E-state index in [1.54, 1.807) is 22.9 Å². The zero-order chi connectivity index (χ0) is 18.8. The number of benzene rings is 2. The van der Waals surface area contributed by atoms with Crippen LogP contribution in [0.15, 0.2) is 53.5 Å². The van der Waals surface area contributed by atoms with Crippen LogP contribution in [0.1, 0.15) is 29.7 Å². The van der Waals surface area contributed by atoms with E-state index >= 15 is 0 Å². The third kappa shape index (κ3) is 3.67. The molecule has 0 saturated heterocycles. The Morgan fingerprint density at radius 3 is 2.54 bits per heavy atom. The molecule has 1 heterocycles. The lowest BCUT2D eigenvalue weighted by Crippen LogP contribution is -2.30. The van der Waals surface area contributed by atoms with Crippen molar-refractivity contribution in [1.82, 2.24) is 9.88 Å². The van der Waals surface area contributed by atoms with E-state index < -0.39 is 0 Å². The Morgan fingerprint density at radius 2 is 1.85 bits per heavy atom. The summed E-state index contributed by atoms with van der Waals surface area (Å²) in [4.78, 5) is 24.7. The van der Waals surface area contributed by atoms with Crippen molar-refractivity contribution in [3.05, 3.63) is 81.4 Å². The molecular weight excluding hydrogens is 331 g/mol. The number of amides is 1. The number of aryl methyl sites for hydroxylation is 2. The van der Waals surface area contributed by atoms with Crippen LogP contribution in [0.25, 0.3) is 10.9 Å². The van der Waals surface area contributed by atoms with Gasteiger partial charge in [-0.25, -0.2) is 4.39 Å². The summed E-state index contributed by atoms with van der Waals surface area (Å²) in [5, 5.41) is 3.55. The fourth-order valence-electron chi connectivity index (χ4n) is 3.23. The molecular formula is C21H21FN2O2. The summed E-state index contributed by atoms with van der Waals surface area (Å²) >= 11 is 0.